The standard InChI is InChI=1S/C23H29N3O2/c27-22(25-12-5-1-2-6-13-25)18-24-14-16-26(17-15-24)23(28)21-11-7-9-19-8-3-4-10-20(19)21/h3-4,7-11H,1-2,5-6,12-18H2. The number of piperazine rings is 1. The van der Waals surface area contributed by atoms with Crippen molar-refractivity contribution >= 4 is 22.6 Å². The maximum absolute atomic E-state index is 13.1. The van der Waals surface area contributed by atoms with Gasteiger partial charge >= 0.3 is 0 Å². The largest absolute Gasteiger partial charge is 0.342 e. The number of nitrogens with zero attached hydrogens (tertiary/aromatic N) is 3. The number of hydrogen-bond donors (Lipinski definition) is 0. The van der Waals surface area contributed by atoms with Crippen LogP contribution in [0.15, 0.2) is 42.5 Å². The minimum Gasteiger partial charge on any atom is -0.342 e. The summed E-state index contributed by atoms with van der Waals surface area (Å²) in [6.07, 6.45) is 4.72. The molecule has 0 saturated carbocycles. The van der Waals surface area contributed by atoms with Gasteiger partial charge in [0.1, 0.15) is 0 Å². The fourth-order valence-electron chi connectivity index (χ4n) is 4.30. The van der Waals surface area contributed by atoms with Gasteiger partial charge in [-0.1, -0.05) is 49.2 Å². The smallest absolute Gasteiger partial charge is 0.254 e. The van der Waals surface area contributed by atoms with Crippen molar-refractivity contribution in [2.24, 2.45) is 0 Å². The van der Waals surface area contributed by atoms with Crippen LogP contribution in [0.3, 0.4) is 0 Å². The summed E-state index contributed by atoms with van der Waals surface area (Å²) in [5.74, 6) is 0.339. The number of hydrogen-bond acceptors (Lipinski definition) is 3. The second kappa shape index (κ2) is 8.74. The fraction of sp³-hybridized carbons (Fsp3) is 0.478. The Morgan fingerprint density at radius 3 is 2.14 bits per heavy atom. The Hall–Kier alpha value is -2.40. The Morgan fingerprint density at radius 2 is 1.39 bits per heavy atom. The van der Waals surface area contributed by atoms with Crippen molar-refractivity contribution in [1.29, 1.82) is 0 Å². The average molecular weight is 380 g/mol. The molecule has 148 valence electrons. The number of rotatable bonds is 3. The fourth-order valence-corrected chi connectivity index (χ4v) is 4.30. The van der Waals surface area contributed by atoms with Gasteiger partial charge in [-0.25, -0.2) is 0 Å². The zero-order valence-corrected chi connectivity index (χ0v) is 16.5. The number of benzene rings is 2. The molecule has 0 aromatic heterocycles. The Kier molecular flexibility index (Phi) is 5.91. The zero-order chi connectivity index (χ0) is 19.3. The van der Waals surface area contributed by atoms with Crippen molar-refractivity contribution in [1.82, 2.24) is 14.7 Å². The highest BCUT2D eigenvalue weighted by Crippen LogP contribution is 2.21. The van der Waals surface area contributed by atoms with Gasteiger partial charge in [0.15, 0.2) is 0 Å². The summed E-state index contributed by atoms with van der Waals surface area (Å²) in [7, 11) is 0. The van der Waals surface area contributed by atoms with Crippen LogP contribution in [-0.2, 0) is 4.79 Å². The molecule has 0 bridgehead atoms. The van der Waals surface area contributed by atoms with Crippen molar-refractivity contribution in [2.45, 2.75) is 25.7 Å². The minimum absolute atomic E-state index is 0.0929. The van der Waals surface area contributed by atoms with Crippen LogP contribution < -0.4 is 0 Å². The maximum Gasteiger partial charge on any atom is 0.254 e. The van der Waals surface area contributed by atoms with E-state index in [-0.39, 0.29) is 11.8 Å². The first-order valence-electron chi connectivity index (χ1n) is 10.5. The Bertz CT molecular complexity index is 829. The van der Waals surface area contributed by atoms with Gasteiger partial charge < -0.3 is 9.80 Å². The SMILES string of the molecule is O=C(CN1CCN(C(=O)c2cccc3ccccc23)CC1)N1CCCCCC1. The molecule has 0 radical (unpaired) electrons. The number of carbonyl (C=O) groups is 2. The molecule has 2 aromatic rings. The van der Waals surface area contributed by atoms with E-state index in [0.29, 0.717) is 19.6 Å². The summed E-state index contributed by atoms with van der Waals surface area (Å²) in [5.41, 5.74) is 0.771. The van der Waals surface area contributed by atoms with Gasteiger partial charge in [-0.3, -0.25) is 14.5 Å². The highest BCUT2D eigenvalue weighted by molar-refractivity contribution is 6.07. The summed E-state index contributed by atoms with van der Waals surface area (Å²) >= 11 is 0. The van der Waals surface area contributed by atoms with E-state index in [1.165, 1.54) is 12.8 Å². The molecule has 2 aliphatic rings. The summed E-state index contributed by atoms with van der Waals surface area (Å²) in [5, 5.41) is 2.10. The van der Waals surface area contributed by atoms with Crippen molar-refractivity contribution in [3.05, 3.63) is 48.0 Å². The quantitative estimate of drug-likeness (QED) is 0.823. The first-order chi connectivity index (χ1) is 13.7. The molecule has 0 unspecified atom stereocenters. The highest BCUT2D eigenvalue weighted by atomic mass is 16.2. The van der Waals surface area contributed by atoms with E-state index in [2.05, 4.69) is 4.90 Å². The average Bonchev–Trinajstić information content (AvgIpc) is 3.03. The van der Waals surface area contributed by atoms with Crippen LogP contribution >= 0.6 is 0 Å². The van der Waals surface area contributed by atoms with Crippen LogP contribution in [0.25, 0.3) is 10.8 Å². The summed E-state index contributed by atoms with van der Waals surface area (Å²) < 4.78 is 0. The first-order valence-corrected chi connectivity index (χ1v) is 10.5. The van der Waals surface area contributed by atoms with Crippen molar-refractivity contribution in [3.8, 4) is 0 Å². The molecule has 2 heterocycles. The number of amides is 2. The molecule has 0 spiro atoms. The van der Waals surface area contributed by atoms with E-state index in [4.69, 9.17) is 0 Å². The van der Waals surface area contributed by atoms with E-state index < -0.39 is 0 Å². The highest BCUT2D eigenvalue weighted by Gasteiger charge is 2.25. The Labute approximate surface area is 166 Å². The lowest BCUT2D eigenvalue weighted by atomic mass is 10.0. The van der Waals surface area contributed by atoms with E-state index in [1.807, 2.05) is 52.3 Å². The number of fused-ring (bicyclic) bond motifs is 1. The Balaban J connectivity index is 1.34. The van der Waals surface area contributed by atoms with Crippen molar-refractivity contribution < 1.29 is 9.59 Å². The molecule has 2 saturated heterocycles. The molecule has 0 atom stereocenters. The second-order valence-corrected chi connectivity index (χ2v) is 7.89. The van der Waals surface area contributed by atoms with Crippen LogP contribution in [0.4, 0.5) is 0 Å². The predicted molar refractivity (Wildman–Crippen MR) is 111 cm³/mol. The van der Waals surface area contributed by atoms with Crippen molar-refractivity contribution in [3.63, 3.8) is 0 Å². The van der Waals surface area contributed by atoms with Gasteiger partial charge in [-0.05, 0) is 29.7 Å². The third kappa shape index (κ3) is 4.20. The predicted octanol–water partition coefficient (Wildman–Crippen LogP) is 3.00. The van der Waals surface area contributed by atoms with Crippen LogP contribution in [-0.4, -0.2) is 72.3 Å². The van der Waals surface area contributed by atoms with Gasteiger partial charge in [0.05, 0.1) is 6.54 Å². The van der Waals surface area contributed by atoms with Gasteiger partial charge in [0.2, 0.25) is 5.91 Å². The number of likely N-dealkylation sites (tertiary alicyclic amines) is 1. The molecule has 5 nitrogen and oxygen atoms in total. The lowest BCUT2D eigenvalue weighted by Gasteiger charge is -2.35. The van der Waals surface area contributed by atoms with Crippen molar-refractivity contribution in [2.75, 3.05) is 45.8 Å². The van der Waals surface area contributed by atoms with Gasteiger partial charge in [0.25, 0.3) is 5.91 Å². The molecule has 28 heavy (non-hydrogen) atoms. The van der Waals surface area contributed by atoms with E-state index in [1.54, 1.807) is 0 Å². The third-order valence-electron chi connectivity index (χ3n) is 6.00. The summed E-state index contributed by atoms with van der Waals surface area (Å²) in [6.45, 7) is 5.16. The molecule has 2 aromatic carbocycles. The normalized spacial score (nSPS) is 18.9. The minimum atomic E-state index is 0.0929. The summed E-state index contributed by atoms with van der Waals surface area (Å²) in [6, 6.07) is 13.9. The van der Waals surface area contributed by atoms with Crippen LogP contribution in [0.2, 0.25) is 0 Å². The van der Waals surface area contributed by atoms with Crippen LogP contribution in [0, 0.1) is 0 Å². The molecule has 5 heteroatoms. The lowest BCUT2D eigenvalue weighted by Crippen LogP contribution is -2.51. The third-order valence-corrected chi connectivity index (χ3v) is 6.00. The van der Waals surface area contributed by atoms with E-state index in [9.17, 15) is 9.59 Å². The topological polar surface area (TPSA) is 43.9 Å². The molecule has 2 amide bonds. The summed E-state index contributed by atoms with van der Waals surface area (Å²) in [4.78, 5) is 31.8. The van der Waals surface area contributed by atoms with Gasteiger partial charge in [0, 0.05) is 44.8 Å². The van der Waals surface area contributed by atoms with Gasteiger partial charge in [-0.2, -0.15) is 0 Å². The van der Waals surface area contributed by atoms with Gasteiger partial charge in [-0.15, -0.1) is 0 Å². The molecular weight excluding hydrogens is 350 g/mol. The molecule has 2 aliphatic heterocycles. The maximum atomic E-state index is 13.1. The van der Waals surface area contributed by atoms with Crippen LogP contribution in [0.5, 0.6) is 0 Å². The number of carbonyl (C=O) groups excluding carboxylic acids is 2. The molecular formula is C23H29N3O2. The first kappa shape index (κ1) is 18.9. The molecule has 0 aliphatic carbocycles. The molecule has 2 fully saturated rings. The lowest BCUT2D eigenvalue weighted by molar-refractivity contribution is -0.132. The Morgan fingerprint density at radius 1 is 0.714 bits per heavy atom. The molecule has 0 N–H and O–H groups in total. The van der Waals surface area contributed by atoms with Crippen LogP contribution in [0.1, 0.15) is 36.0 Å². The van der Waals surface area contributed by atoms with E-state index >= 15 is 0 Å². The van der Waals surface area contributed by atoms with E-state index in [0.717, 1.165) is 55.4 Å². The zero-order valence-electron chi connectivity index (χ0n) is 16.5. The molecule has 4 rings (SSSR count). The monoisotopic (exact) mass is 379 g/mol. The second-order valence-electron chi connectivity index (χ2n) is 7.89.